The molecule has 0 heteroatoms. The minimum atomic E-state index is 0.931. The lowest BCUT2D eigenvalue weighted by Crippen LogP contribution is -1.54. The normalized spacial score (nSPS) is 34.0. The maximum atomic E-state index is 2.34. The fraction of sp³-hybridized carbons (Fsp3) is 0.714. The first-order valence-corrected chi connectivity index (χ1v) is 3.03. The van der Waals surface area contributed by atoms with Crippen LogP contribution in [0, 0.1) is 5.92 Å². The van der Waals surface area contributed by atoms with E-state index in [0.29, 0.717) is 0 Å². The molecular formula is C7H12. The van der Waals surface area contributed by atoms with Crippen molar-refractivity contribution in [3.05, 3.63) is 11.6 Å². The smallest absolute Gasteiger partial charge is 0.0194 e. The molecule has 1 saturated carbocycles. The van der Waals surface area contributed by atoms with Crippen LogP contribution in [-0.4, -0.2) is 0 Å². The molecule has 0 N–H and O–H groups in total. The SMILES string of the molecule is CC/C=C1\C[C@@H]1C. The summed E-state index contributed by atoms with van der Waals surface area (Å²) in [5.41, 5.74) is 1.67. The lowest BCUT2D eigenvalue weighted by atomic mass is 10.4. The Balaban J connectivity index is 2.30. The average molecular weight is 96.2 g/mol. The van der Waals surface area contributed by atoms with Gasteiger partial charge in [0.05, 0.1) is 0 Å². The summed E-state index contributed by atoms with van der Waals surface area (Å²) in [4.78, 5) is 0. The van der Waals surface area contributed by atoms with Crippen molar-refractivity contribution in [1.82, 2.24) is 0 Å². The standard InChI is InChI=1S/C7H12/c1-3-4-7-5-6(7)2/h4,6H,3,5H2,1-2H3/b7-4+/t6-/m0/s1. The van der Waals surface area contributed by atoms with E-state index in [1.807, 2.05) is 0 Å². The van der Waals surface area contributed by atoms with Crippen LogP contribution in [0.25, 0.3) is 0 Å². The van der Waals surface area contributed by atoms with E-state index in [1.165, 1.54) is 12.8 Å². The average Bonchev–Trinajstić information content (AvgIpc) is 2.22. The summed E-state index contributed by atoms with van der Waals surface area (Å²) >= 11 is 0. The summed E-state index contributed by atoms with van der Waals surface area (Å²) in [7, 11) is 0. The second-order valence-corrected chi connectivity index (χ2v) is 2.29. The summed E-state index contributed by atoms with van der Waals surface area (Å²) in [5, 5.41) is 0. The lowest BCUT2D eigenvalue weighted by Gasteiger charge is -1.71. The van der Waals surface area contributed by atoms with E-state index in [0.717, 1.165) is 5.92 Å². The number of rotatable bonds is 1. The molecule has 0 aromatic rings. The summed E-state index contributed by atoms with van der Waals surface area (Å²) < 4.78 is 0. The molecule has 1 atom stereocenters. The van der Waals surface area contributed by atoms with Gasteiger partial charge < -0.3 is 0 Å². The molecule has 0 aromatic heterocycles. The fourth-order valence-electron chi connectivity index (χ4n) is 0.841. The van der Waals surface area contributed by atoms with Gasteiger partial charge in [0, 0.05) is 0 Å². The zero-order chi connectivity index (χ0) is 5.28. The number of hydrogen-bond acceptors (Lipinski definition) is 0. The largest absolute Gasteiger partial charge is 0.0853 e. The van der Waals surface area contributed by atoms with E-state index in [2.05, 4.69) is 19.9 Å². The Kier molecular flexibility index (Phi) is 1.18. The second-order valence-electron chi connectivity index (χ2n) is 2.29. The molecule has 0 saturated heterocycles. The summed E-state index contributed by atoms with van der Waals surface area (Å²) in [6, 6.07) is 0. The second kappa shape index (κ2) is 1.69. The molecule has 1 aliphatic carbocycles. The van der Waals surface area contributed by atoms with Crippen LogP contribution in [0.4, 0.5) is 0 Å². The van der Waals surface area contributed by atoms with Gasteiger partial charge in [-0.15, -0.1) is 0 Å². The quantitative estimate of drug-likeness (QED) is 0.439. The Bertz CT molecular complexity index is 90.2. The van der Waals surface area contributed by atoms with Crippen LogP contribution in [0.1, 0.15) is 26.7 Å². The van der Waals surface area contributed by atoms with E-state index < -0.39 is 0 Å². The van der Waals surface area contributed by atoms with Gasteiger partial charge in [-0.1, -0.05) is 25.5 Å². The molecule has 0 radical (unpaired) electrons. The summed E-state index contributed by atoms with van der Waals surface area (Å²) in [6.45, 7) is 4.47. The minimum absolute atomic E-state index is 0.931. The first-order chi connectivity index (χ1) is 3.34. The first kappa shape index (κ1) is 4.89. The zero-order valence-corrected chi connectivity index (χ0v) is 5.07. The Morgan fingerprint density at radius 1 is 1.86 bits per heavy atom. The van der Waals surface area contributed by atoms with Gasteiger partial charge >= 0.3 is 0 Å². The van der Waals surface area contributed by atoms with Crippen LogP contribution < -0.4 is 0 Å². The van der Waals surface area contributed by atoms with E-state index in [1.54, 1.807) is 5.57 Å². The maximum Gasteiger partial charge on any atom is -0.0194 e. The van der Waals surface area contributed by atoms with Gasteiger partial charge in [0.25, 0.3) is 0 Å². The molecule has 0 amide bonds. The third-order valence-corrected chi connectivity index (χ3v) is 1.48. The Morgan fingerprint density at radius 3 is 2.57 bits per heavy atom. The fourth-order valence-corrected chi connectivity index (χ4v) is 0.841. The molecule has 0 nitrogen and oxygen atoms in total. The minimum Gasteiger partial charge on any atom is -0.0853 e. The molecule has 0 aromatic carbocycles. The van der Waals surface area contributed by atoms with Crippen LogP contribution in [0.5, 0.6) is 0 Å². The molecule has 1 aliphatic rings. The first-order valence-electron chi connectivity index (χ1n) is 3.03. The van der Waals surface area contributed by atoms with Crippen molar-refractivity contribution >= 4 is 0 Å². The topological polar surface area (TPSA) is 0 Å². The Labute approximate surface area is 45.2 Å². The lowest BCUT2D eigenvalue weighted by molar-refractivity contribution is 1.01. The molecule has 7 heavy (non-hydrogen) atoms. The highest BCUT2D eigenvalue weighted by molar-refractivity contribution is 5.21. The number of allylic oxidation sites excluding steroid dienone is 2. The van der Waals surface area contributed by atoms with Crippen LogP contribution in [-0.2, 0) is 0 Å². The van der Waals surface area contributed by atoms with Crippen molar-refractivity contribution in [2.45, 2.75) is 26.7 Å². The van der Waals surface area contributed by atoms with E-state index >= 15 is 0 Å². The van der Waals surface area contributed by atoms with Crippen molar-refractivity contribution < 1.29 is 0 Å². The van der Waals surface area contributed by atoms with Gasteiger partial charge in [-0.2, -0.15) is 0 Å². The highest BCUT2D eigenvalue weighted by Crippen LogP contribution is 2.36. The van der Waals surface area contributed by atoms with Crippen molar-refractivity contribution in [1.29, 1.82) is 0 Å². The van der Waals surface area contributed by atoms with Gasteiger partial charge in [-0.3, -0.25) is 0 Å². The molecule has 0 spiro atoms. The zero-order valence-electron chi connectivity index (χ0n) is 5.07. The van der Waals surface area contributed by atoms with Crippen LogP contribution in [0.15, 0.2) is 11.6 Å². The van der Waals surface area contributed by atoms with E-state index in [-0.39, 0.29) is 0 Å². The van der Waals surface area contributed by atoms with Gasteiger partial charge in [0.2, 0.25) is 0 Å². The third kappa shape index (κ3) is 1.05. The Morgan fingerprint density at radius 2 is 2.43 bits per heavy atom. The molecule has 0 heterocycles. The van der Waals surface area contributed by atoms with Crippen LogP contribution >= 0.6 is 0 Å². The third-order valence-electron chi connectivity index (χ3n) is 1.48. The monoisotopic (exact) mass is 96.1 g/mol. The van der Waals surface area contributed by atoms with Gasteiger partial charge in [-0.05, 0) is 18.8 Å². The van der Waals surface area contributed by atoms with Crippen molar-refractivity contribution in [3.8, 4) is 0 Å². The molecule has 0 unspecified atom stereocenters. The Hall–Kier alpha value is -0.260. The van der Waals surface area contributed by atoms with Crippen molar-refractivity contribution in [2.75, 3.05) is 0 Å². The van der Waals surface area contributed by atoms with Gasteiger partial charge in [0.15, 0.2) is 0 Å². The molecule has 0 bridgehead atoms. The predicted molar refractivity (Wildman–Crippen MR) is 32.2 cm³/mol. The van der Waals surface area contributed by atoms with Crippen molar-refractivity contribution in [3.63, 3.8) is 0 Å². The van der Waals surface area contributed by atoms with Gasteiger partial charge in [0.1, 0.15) is 0 Å². The van der Waals surface area contributed by atoms with E-state index in [4.69, 9.17) is 0 Å². The maximum absolute atomic E-state index is 2.34. The highest BCUT2D eigenvalue weighted by Gasteiger charge is 2.22. The molecular weight excluding hydrogens is 84.1 g/mol. The van der Waals surface area contributed by atoms with Crippen molar-refractivity contribution in [2.24, 2.45) is 5.92 Å². The predicted octanol–water partition coefficient (Wildman–Crippen LogP) is 2.36. The summed E-state index contributed by atoms with van der Waals surface area (Å²) in [5.74, 6) is 0.931. The van der Waals surface area contributed by atoms with Crippen LogP contribution in [0.2, 0.25) is 0 Å². The van der Waals surface area contributed by atoms with Gasteiger partial charge in [-0.25, -0.2) is 0 Å². The number of hydrogen-bond donors (Lipinski definition) is 0. The highest BCUT2D eigenvalue weighted by atomic mass is 14.3. The molecule has 1 rings (SSSR count). The molecule has 40 valence electrons. The van der Waals surface area contributed by atoms with Crippen LogP contribution in [0.3, 0.4) is 0 Å². The molecule has 1 fully saturated rings. The van der Waals surface area contributed by atoms with E-state index in [9.17, 15) is 0 Å². The summed E-state index contributed by atoms with van der Waals surface area (Å²) in [6.07, 6.45) is 4.93. The molecule has 0 aliphatic heterocycles.